The number of amides is 1. The number of methoxy groups -OCH3 is 2. The van der Waals surface area contributed by atoms with Crippen molar-refractivity contribution >= 4 is 5.91 Å². The fourth-order valence-corrected chi connectivity index (χ4v) is 1.89. The van der Waals surface area contributed by atoms with Gasteiger partial charge in [0, 0.05) is 0 Å². The third kappa shape index (κ3) is 4.41. The molecule has 1 aromatic heterocycles. The maximum Gasteiger partial charge on any atom is 0.322 e. The zero-order valence-corrected chi connectivity index (χ0v) is 12.8. The van der Waals surface area contributed by atoms with Crippen LogP contribution in [0.5, 0.6) is 12.0 Å². The standard InChI is InChI=1S/C15H18N4O3/c1-10-5-4-6-11(7-10)8-13(20)16-9-12-17-14(21-2)19-15(18-12)22-3/h4-7H,8-9H2,1-3H3,(H,16,20). The minimum absolute atomic E-state index is 0.107. The smallest absolute Gasteiger partial charge is 0.322 e. The Hall–Kier alpha value is -2.70. The molecule has 0 bridgehead atoms. The van der Waals surface area contributed by atoms with Crippen LogP contribution < -0.4 is 14.8 Å². The number of benzene rings is 1. The molecule has 0 saturated heterocycles. The van der Waals surface area contributed by atoms with E-state index in [9.17, 15) is 4.79 Å². The van der Waals surface area contributed by atoms with Crippen molar-refractivity contribution in [3.63, 3.8) is 0 Å². The summed E-state index contributed by atoms with van der Waals surface area (Å²) < 4.78 is 9.92. The van der Waals surface area contributed by atoms with Gasteiger partial charge in [0.15, 0.2) is 5.82 Å². The van der Waals surface area contributed by atoms with Gasteiger partial charge in [-0.2, -0.15) is 9.97 Å². The summed E-state index contributed by atoms with van der Waals surface area (Å²) in [6.07, 6.45) is 0.307. The van der Waals surface area contributed by atoms with Crippen molar-refractivity contribution in [2.75, 3.05) is 14.2 Å². The minimum atomic E-state index is -0.107. The maximum atomic E-state index is 12.0. The van der Waals surface area contributed by atoms with E-state index in [-0.39, 0.29) is 24.5 Å². The molecule has 0 aliphatic heterocycles. The number of carbonyl (C=O) groups is 1. The summed E-state index contributed by atoms with van der Waals surface area (Å²) >= 11 is 0. The molecule has 2 rings (SSSR count). The second kappa shape index (κ2) is 7.35. The molecule has 0 aliphatic rings. The Morgan fingerprint density at radius 1 is 1.14 bits per heavy atom. The van der Waals surface area contributed by atoms with Gasteiger partial charge in [-0.1, -0.05) is 29.8 Å². The Bertz CT molecular complexity index is 639. The van der Waals surface area contributed by atoms with E-state index in [0.29, 0.717) is 12.2 Å². The van der Waals surface area contributed by atoms with Gasteiger partial charge in [-0.05, 0) is 12.5 Å². The third-order valence-corrected chi connectivity index (χ3v) is 2.90. The Morgan fingerprint density at radius 3 is 2.41 bits per heavy atom. The van der Waals surface area contributed by atoms with Gasteiger partial charge in [0.05, 0.1) is 27.2 Å². The second-order valence-electron chi connectivity index (χ2n) is 4.67. The molecule has 0 spiro atoms. The van der Waals surface area contributed by atoms with E-state index in [1.54, 1.807) is 0 Å². The first-order valence-electron chi connectivity index (χ1n) is 6.76. The van der Waals surface area contributed by atoms with Crippen LogP contribution in [0.1, 0.15) is 17.0 Å². The van der Waals surface area contributed by atoms with Crippen molar-refractivity contribution in [2.45, 2.75) is 19.9 Å². The van der Waals surface area contributed by atoms with E-state index in [1.807, 2.05) is 31.2 Å². The van der Waals surface area contributed by atoms with Crippen LogP contribution in [0.2, 0.25) is 0 Å². The van der Waals surface area contributed by atoms with E-state index in [4.69, 9.17) is 9.47 Å². The van der Waals surface area contributed by atoms with Crippen molar-refractivity contribution in [2.24, 2.45) is 0 Å². The lowest BCUT2D eigenvalue weighted by Gasteiger charge is -2.07. The molecule has 0 aliphatic carbocycles. The number of aromatic nitrogens is 3. The molecule has 1 aromatic carbocycles. The average molecular weight is 302 g/mol. The van der Waals surface area contributed by atoms with E-state index >= 15 is 0 Å². The molecule has 0 unspecified atom stereocenters. The molecular weight excluding hydrogens is 284 g/mol. The lowest BCUT2D eigenvalue weighted by molar-refractivity contribution is -0.120. The van der Waals surface area contributed by atoms with Crippen molar-refractivity contribution < 1.29 is 14.3 Å². The Kier molecular flexibility index (Phi) is 5.24. The largest absolute Gasteiger partial charge is 0.467 e. The first kappa shape index (κ1) is 15.7. The summed E-state index contributed by atoms with van der Waals surface area (Å²) in [5.74, 6) is 0.269. The first-order chi connectivity index (χ1) is 10.6. The van der Waals surface area contributed by atoms with Crippen LogP contribution >= 0.6 is 0 Å². The van der Waals surface area contributed by atoms with Crippen LogP contribution in [0.25, 0.3) is 0 Å². The van der Waals surface area contributed by atoms with Crippen molar-refractivity contribution in [3.05, 3.63) is 41.2 Å². The van der Waals surface area contributed by atoms with E-state index in [2.05, 4.69) is 20.3 Å². The first-order valence-corrected chi connectivity index (χ1v) is 6.76. The van der Waals surface area contributed by atoms with Crippen molar-refractivity contribution in [1.82, 2.24) is 20.3 Å². The summed E-state index contributed by atoms with van der Waals surface area (Å²) in [5, 5.41) is 2.77. The van der Waals surface area contributed by atoms with Gasteiger partial charge < -0.3 is 14.8 Å². The molecule has 1 N–H and O–H groups in total. The predicted octanol–water partition coefficient (Wildman–Crippen LogP) is 1.06. The minimum Gasteiger partial charge on any atom is -0.467 e. The maximum absolute atomic E-state index is 12.0. The summed E-state index contributed by atoms with van der Waals surface area (Å²) in [7, 11) is 2.91. The van der Waals surface area contributed by atoms with Gasteiger partial charge in [0.25, 0.3) is 0 Å². The lowest BCUT2D eigenvalue weighted by Crippen LogP contribution is -2.25. The number of carbonyl (C=O) groups excluding carboxylic acids is 1. The van der Waals surface area contributed by atoms with E-state index in [1.165, 1.54) is 14.2 Å². The summed E-state index contributed by atoms with van der Waals surface area (Å²) in [6, 6.07) is 8.12. The van der Waals surface area contributed by atoms with Gasteiger partial charge in [-0.15, -0.1) is 4.98 Å². The molecule has 0 saturated carbocycles. The number of ether oxygens (including phenoxy) is 2. The predicted molar refractivity (Wildman–Crippen MR) is 79.7 cm³/mol. The molecule has 116 valence electrons. The number of nitrogens with one attached hydrogen (secondary N) is 1. The van der Waals surface area contributed by atoms with E-state index < -0.39 is 0 Å². The van der Waals surface area contributed by atoms with Crippen LogP contribution in [0.3, 0.4) is 0 Å². The van der Waals surface area contributed by atoms with Crippen LogP contribution in [0, 0.1) is 6.92 Å². The van der Waals surface area contributed by atoms with Gasteiger partial charge in [0.2, 0.25) is 5.91 Å². The summed E-state index contributed by atoms with van der Waals surface area (Å²) in [6.45, 7) is 2.17. The summed E-state index contributed by atoms with van der Waals surface area (Å²) in [5.41, 5.74) is 2.08. The fourth-order valence-electron chi connectivity index (χ4n) is 1.89. The molecule has 1 amide bonds. The SMILES string of the molecule is COc1nc(CNC(=O)Cc2cccc(C)c2)nc(OC)n1. The Labute approximate surface area is 128 Å². The quantitative estimate of drug-likeness (QED) is 0.858. The molecule has 0 atom stereocenters. The molecule has 0 fully saturated rings. The molecule has 1 heterocycles. The molecule has 22 heavy (non-hydrogen) atoms. The average Bonchev–Trinajstić information content (AvgIpc) is 2.52. The zero-order valence-electron chi connectivity index (χ0n) is 12.8. The molecule has 7 heteroatoms. The van der Waals surface area contributed by atoms with Crippen LogP contribution in [-0.4, -0.2) is 35.1 Å². The number of aryl methyl sites for hydroxylation is 1. The monoisotopic (exact) mass is 302 g/mol. The molecule has 7 nitrogen and oxygen atoms in total. The normalized spacial score (nSPS) is 10.1. The van der Waals surface area contributed by atoms with Crippen molar-refractivity contribution in [3.8, 4) is 12.0 Å². The number of hydrogen-bond donors (Lipinski definition) is 1. The Morgan fingerprint density at radius 2 is 1.82 bits per heavy atom. The number of rotatable bonds is 6. The van der Waals surface area contributed by atoms with Crippen molar-refractivity contribution in [1.29, 1.82) is 0 Å². The van der Waals surface area contributed by atoms with Crippen LogP contribution in [-0.2, 0) is 17.8 Å². The zero-order chi connectivity index (χ0) is 15.9. The molecule has 2 aromatic rings. The van der Waals surface area contributed by atoms with Gasteiger partial charge in [-0.25, -0.2) is 0 Å². The fraction of sp³-hybridized carbons (Fsp3) is 0.333. The highest BCUT2D eigenvalue weighted by molar-refractivity contribution is 5.78. The lowest BCUT2D eigenvalue weighted by atomic mass is 10.1. The van der Waals surface area contributed by atoms with Gasteiger partial charge in [0.1, 0.15) is 0 Å². The highest BCUT2D eigenvalue weighted by atomic mass is 16.5. The third-order valence-electron chi connectivity index (χ3n) is 2.90. The highest BCUT2D eigenvalue weighted by Crippen LogP contribution is 2.09. The van der Waals surface area contributed by atoms with Crippen LogP contribution in [0.4, 0.5) is 0 Å². The number of hydrogen-bond acceptors (Lipinski definition) is 6. The molecular formula is C15H18N4O3. The second-order valence-corrected chi connectivity index (χ2v) is 4.67. The highest BCUT2D eigenvalue weighted by Gasteiger charge is 2.09. The van der Waals surface area contributed by atoms with Crippen LogP contribution in [0.15, 0.2) is 24.3 Å². The van der Waals surface area contributed by atoms with E-state index in [0.717, 1.165) is 11.1 Å². The topological polar surface area (TPSA) is 86.2 Å². The number of nitrogens with zero attached hydrogens (tertiary/aromatic N) is 3. The Balaban J connectivity index is 1.96. The van der Waals surface area contributed by atoms with Gasteiger partial charge >= 0.3 is 12.0 Å². The van der Waals surface area contributed by atoms with Gasteiger partial charge in [-0.3, -0.25) is 4.79 Å². The molecule has 0 radical (unpaired) electrons. The summed E-state index contributed by atoms with van der Waals surface area (Å²) in [4.78, 5) is 24.0.